The van der Waals surface area contributed by atoms with Gasteiger partial charge in [-0.05, 0) is 105 Å². The third-order valence-electron chi connectivity index (χ3n) is 9.53. The summed E-state index contributed by atoms with van der Waals surface area (Å²) in [5, 5.41) is 32.1. The molecule has 0 radical (unpaired) electrons. The lowest BCUT2D eigenvalue weighted by atomic mass is 10.2. The molecule has 1 saturated heterocycles. The maximum atomic E-state index is 4.86. The Morgan fingerprint density at radius 2 is 1.32 bits per heavy atom. The van der Waals surface area contributed by atoms with Gasteiger partial charge in [0, 0.05) is 143 Å². The topological polar surface area (TPSA) is 212 Å². The molecular weight excluding hydrogens is 899 g/mol. The molecule has 2 aliphatic rings. The van der Waals surface area contributed by atoms with Gasteiger partial charge in [0.2, 0.25) is 17.7 Å². The first-order valence-corrected chi connectivity index (χ1v) is 23.4. The Bertz CT molecular complexity index is 2160. The summed E-state index contributed by atoms with van der Waals surface area (Å²) in [7, 11) is 13.8. The molecule has 0 spiro atoms. The lowest BCUT2D eigenvalue weighted by Gasteiger charge is -2.03. The smallest absolute Gasteiger partial charge is 0.223 e. The molecule has 0 amide bonds. The highest BCUT2D eigenvalue weighted by Gasteiger charge is 2.13. The number of hydrogen-bond acceptors (Lipinski definition) is 16. The van der Waals surface area contributed by atoms with Crippen molar-refractivity contribution in [3.05, 3.63) is 137 Å². The molecule has 0 N–H and O–H groups in total. The number of rotatable bonds is 0. The van der Waals surface area contributed by atoms with E-state index >= 15 is 0 Å². The van der Waals surface area contributed by atoms with E-state index in [0.717, 1.165) is 35.2 Å². The van der Waals surface area contributed by atoms with Gasteiger partial charge in [0.15, 0.2) is 5.82 Å². The van der Waals surface area contributed by atoms with Crippen LogP contribution in [0.4, 0.5) is 0 Å². The monoisotopic (exact) mass is 982 g/mol. The zero-order valence-electron chi connectivity index (χ0n) is 46.3. The van der Waals surface area contributed by atoms with Crippen molar-refractivity contribution in [1.29, 1.82) is 0 Å². The Balaban J connectivity index is 0.000000395. The van der Waals surface area contributed by atoms with Crippen LogP contribution in [0.25, 0.3) is 0 Å². The molecule has 0 aromatic carbocycles. The van der Waals surface area contributed by atoms with Gasteiger partial charge in [-0.25, -0.2) is 9.97 Å². The van der Waals surface area contributed by atoms with Gasteiger partial charge in [0.25, 0.3) is 0 Å². The number of aryl methyl sites for hydroxylation is 16. The molecule has 0 bridgehead atoms. The van der Waals surface area contributed by atoms with Crippen LogP contribution in [-0.2, 0) is 35.2 Å². The average molecular weight is 982 g/mol. The Kier molecular flexibility index (Phi) is 29.8. The fraction of sp³-hybridized carbons (Fsp3) is 0.520. The summed E-state index contributed by atoms with van der Waals surface area (Å²) in [6.07, 6.45) is 18.2. The third-order valence-corrected chi connectivity index (χ3v) is 9.53. The molecule has 8 aromatic rings. The highest BCUT2D eigenvalue weighted by atomic mass is 16.5. The van der Waals surface area contributed by atoms with Crippen molar-refractivity contribution in [2.24, 2.45) is 52.2 Å². The van der Waals surface area contributed by atoms with Crippen LogP contribution in [0.1, 0.15) is 83.5 Å². The Hall–Kier alpha value is -7.16. The fourth-order valence-corrected chi connectivity index (χ4v) is 5.63. The number of aromatic nitrogens is 16. The van der Waals surface area contributed by atoms with E-state index in [9.17, 15) is 0 Å². The van der Waals surface area contributed by atoms with E-state index in [4.69, 9.17) is 4.42 Å². The van der Waals surface area contributed by atoms with E-state index < -0.39 is 0 Å². The van der Waals surface area contributed by atoms with Crippen molar-refractivity contribution in [2.45, 2.75) is 96.4 Å². The summed E-state index contributed by atoms with van der Waals surface area (Å²) in [6, 6.07) is 8.01. The molecule has 1 fully saturated rings. The minimum Gasteiger partial charge on any atom is -0.426 e. The minimum absolute atomic E-state index is 0.623. The van der Waals surface area contributed by atoms with Crippen LogP contribution < -0.4 is 0 Å². The molecule has 8 aromatic heterocycles. The molecule has 2 unspecified atom stereocenters. The minimum atomic E-state index is 0.623. The zero-order valence-corrected chi connectivity index (χ0v) is 46.3. The van der Waals surface area contributed by atoms with Crippen molar-refractivity contribution in [1.82, 2.24) is 88.9 Å². The van der Waals surface area contributed by atoms with Crippen molar-refractivity contribution < 1.29 is 8.94 Å². The summed E-state index contributed by atoms with van der Waals surface area (Å²) in [5.74, 6) is 4.17. The standard InChI is InChI=1S/C7H9N.C6H13N.2C5H8N2.C5H10N2.2C5H8N2.C4H7N3.2C4H6N2O/c1-6-3-4-7(2)8-5-6;1-6-3-4-7(2)5-6;1-5-3-7(2)4-6-5;1-5-3-6-4-7(5)2;1-5-3-6-7(2)4-5;1-5-3-4-7(2)6-5;1-5-3-4-6-7(5)2;1-4-3-7(2)6-5-4;1-3-5-6-4(2)7-3;1-3-5-4(2)7-6-3/h3-5H,1-2H3;6H,3-5H2,1-2H3;2*3-4H,1-2H3;3,5H,4H2,1-2H3;2*3-4H,1-2H3;3H,1-2H3;2*1-2H3. The molecule has 2 aliphatic heterocycles. The lowest BCUT2D eigenvalue weighted by Crippen LogP contribution is -2.12. The van der Waals surface area contributed by atoms with Crippen LogP contribution in [0.5, 0.6) is 0 Å². The van der Waals surface area contributed by atoms with Gasteiger partial charge in [-0.3, -0.25) is 24.0 Å². The number of likely N-dealkylation sites (tertiary alicyclic amines) is 1. The molecule has 0 saturated carbocycles. The molecule has 10 rings (SSSR count). The second kappa shape index (κ2) is 34.2. The van der Waals surface area contributed by atoms with Gasteiger partial charge in [-0.1, -0.05) is 30.3 Å². The second-order valence-corrected chi connectivity index (χ2v) is 17.5. The van der Waals surface area contributed by atoms with Crippen molar-refractivity contribution in [3.63, 3.8) is 0 Å². The van der Waals surface area contributed by atoms with Crippen molar-refractivity contribution in [3.8, 4) is 0 Å². The van der Waals surface area contributed by atoms with Gasteiger partial charge in [0.05, 0.1) is 29.7 Å². The van der Waals surface area contributed by atoms with E-state index in [1.807, 2.05) is 165 Å². The summed E-state index contributed by atoms with van der Waals surface area (Å²) in [5.41, 5.74) is 7.79. The Morgan fingerprint density at radius 3 is 1.49 bits per heavy atom. The maximum absolute atomic E-state index is 4.86. The normalized spacial score (nSPS) is 13.8. The average Bonchev–Trinajstić information content (AvgIpc) is 4.21. The predicted octanol–water partition coefficient (Wildman–Crippen LogP) is 7.62. The Morgan fingerprint density at radius 1 is 0.634 bits per heavy atom. The summed E-state index contributed by atoms with van der Waals surface area (Å²) < 4.78 is 18.7. The molecule has 0 aliphatic carbocycles. The summed E-state index contributed by atoms with van der Waals surface area (Å²) in [6.45, 7) is 29.2. The molecule has 21 heteroatoms. The molecule has 21 nitrogen and oxygen atoms in total. The van der Waals surface area contributed by atoms with Crippen LogP contribution in [-0.4, -0.2) is 129 Å². The second-order valence-electron chi connectivity index (χ2n) is 17.5. The third kappa shape index (κ3) is 31.6. The SMILES string of the molecule is CC1C=NN(C)C1.CC1CCN(C)C1.Cc1ccc(C)nc1.Cc1ccn(C)n1.Cc1ccnn1C.Cc1cn(C)cn1.Cc1cn(C)nn1.Cc1cncn1C.Cc1nnc(C)o1.Cc1noc(C)n1. The maximum Gasteiger partial charge on any atom is 0.223 e. The molecule has 390 valence electrons. The first-order chi connectivity index (χ1) is 33.4. The molecule has 71 heavy (non-hydrogen) atoms. The summed E-state index contributed by atoms with van der Waals surface area (Å²) >= 11 is 0. The van der Waals surface area contributed by atoms with Crippen LogP contribution in [0, 0.1) is 88.0 Å². The highest BCUT2D eigenvalue weighted by Crippen LogP contribution is 2.11. The number of pyridine rings is 1. The van der Waals surface area contributed by atoms with E-state index in [1.165, 1.54) is 36.5 Å². The largest absolute Gasteiger partial charge is 0.426 e. The first-order valence-electron chi connectivity index (χ1n) is 23.4. The van der Waals surface area contributed by atoms with Gasteiger partial charge < -0.3 is 23.0 Å². The van der Waals surface area contributed by atoms with Crippen LogP contribution >= 0.6 is 0 Å². The van der Waals surface area contributed by atoms with Crippen LogP contribution in [0.15, 0.2) is 88.1 Å². The fourth-order valence-electron chi connectivity index (χ4n) is 5.63. The van der Waals surface area contributed by atoms with Gasteiger partial charge in [-0.15, -0.1) is 15.3 Å². The van der Waals surface area contributed by atoms with Gasteiger partial charge in [-0.2, -0.15) is 20.3 Å². The van der Waals surface area contributed by atoms with E-state index in [1.54, 1.807) is 55.9 Å². The quantitative estimate of drug-likeness (QED) is 0.143. The number of hydrogen-bond donors (Lipinski definition) is 0. The van der Waals surface area contributed by atoms with Crippen molar-refractivity contribution in [2.75, 3.05) is 33.7 Å². The van der Waals surface area contributed by atoms with E-state index in [-0.39, 0.29) is 0 Å². The molecule has 10 heterocycles. The van der Waals surface area contributed by atoms with E-state index in [0.29, 0.717) is 29.4 Å². The number of hydrazone groups is 1. The Labute approximate surface area is 422 Å². The predicted molar refractivity (Wildman–Crippen MR) is 280 cm³/mol. The van der Waals surface area contributed by atoms with E-state index in [2.05, 4.69) is 97.3 Å². The lowest BCUT2D eigenvalue weighted by molar-refractivity contribution is 0.368. The summed E-state index contributed by atoms with van der Waals surface area (Å²) in [4.78, 5) is 18.2. The van der Waals surface area contributed by atoms with Crippen LogP contribution in [0.2, 0.25) is 0 Å². The van der Waals surface area contributed by atoms with Gasteiger partial charge in [0.1, 0.15) is 0 Å². The van der Waals surface area contributed by atoms with Crippen LogP contribution in [0.3, 0.4) is 0 Å². The molecule has 2 atom stereocenters. The molecular formula is C50H83N19O2. The van der Waals surface area contributed by atoms with Crippen molar-refractivity contribution >= 4 is 6.21 Å². The number of imidazole rings is 2. The number of nitrogens with zero attached hydrogens (tertiary/aromatic N) is 19. The highest BCUT2D eigenvalue weighted by molar-refractivity contribution is 5.61. The zero-order chi connectivity index (χ0) is 53.5. The first kappa shape index (κ1) is 61.9. The van der Waals surface area contributed by atoms with Gasteiger partial charge >= 0.3 is 0 Å².